The minimum absolute atomic E-state index is 0.0358. The average Bonchev–Trinajstić information content (AvgIpc) is 2.86. The fourth-order valence-electron chi connectivity index (χ4n) is 3.37. The third-order valence-electron chi connectivity index (χ3n) is 4.38. The molecule has 1 atom stereocenters. The van der Waals surface area contributed by atoms with Gasteiger partial charge in [-0.3, -0.25) is 0 Å². The minimum Gasteiger partial charge on any atom is -0.493 e. The summed E-state index contributed by atoms with van der Waals surface area (Å²) in [6.45, 7) is 0.760. The molecular weight excluding hydrogens is 279 g/mol. The van der Waals surface area contributed by atoms with Crippen LogP contribution in [0.3, 0.4) is 0 Å². The molecule has 104 valence electrons. The number of fused-ring (bicyclic) bond motifs is 1. The summed E-state index contributed by atoms with van der Waals surface area (Å²) in [6.07, 6.45) is 8.77. The van der Waals surface area contributed by atoms with Crippen molar-refractivity contribution in [3.05, 3.63) is 28.3 Å². The monoisotopic (exact) mass is 298 g/mol. The maximum atomic E-state index is 6.66. The van der Waals surface area contributed by atoms with Gasteiger partial charge in [-0.05, 0) is 30.0 Å². The van der Waals surface area contributed by atoms with E-state index in [9.17, 15) is 0 Å². The van der Waals surface area contributed by atoms with Crippen LogP contribution < -0.4 is 4.74 Å². The molecule has 1 aliphatic carbocycles. The van der Waals surface area contributed by atoms with Crippen molar-refractivity contribution in [1.29, 1.82) is 0 Å². The Balaban J connectivity index is 1.77. The SMILES string of the molecule is Clc1cc2c(c(C(Cl)CC3CCCCC3)c1)OCC2. The van der Waals surface area contributed by atoms with Crippen molar-refractivity contribution in [2.45, 2.75) is 50.3 Å². The summed E-state index contributed by atoms with van der Waals surface area (Å²) in [6, 6.07) is 4.00. The van der Waals surface area contributed by atoms with Gasteiger partial charge in [0.05, 0.1) is 12.0 Å². The molecule has 0 N–H and O–H groups in total. The first-order chi connectivity index (χ1) is 9.24. The van der Waals surface area contributed by atoms with Crippen molar-refractivity contribution in [2.24, 2.45) is 5.92 Å². The topological polar surface area (TPSA) is 9.23 Å². The van der Waals surface area contributed by atoms with Crippen molar-refractivity contribution in [2.75, 3.05) is 6.61 Å². The van der Waals surface area contributed by atoms with Crippen molar-refractivity contribution < 1.29 is 4.74 Å². The summed E-state index contributed by atoms with van der Waals surface area (Å²) in [4.78, 5) is 0. The average molecular weight is 299 g/mol. The lowest BCUT2D eigenvalue weighted by Crippen LogP contribution is -2.09. The number of alkyl halides is 1. The van der Waals surface area contributed by atoms with E-state index >= 15 is 0 Å². The summed E-state index contributed by atoms with van der Waals surface area (Å²) < 4.78 is 5.75. The highest BCUT2D eigenvalue weighted by Gasteiger charge is 2.25. The van der Waals surface area contributed by atoms with Gasteiger partial charge in [0.15, 0.2) is 0 Å². The van der Waals surface area contributed by atoms with Gasteiger partial charge in [0, 0.05) is 17.0 Å². The molecule has 1 aromatic rings. The predicted octanol–water partition coefficient (Wildman–Crippen LogP) is 5.53. The Morgan fingerprint density at radius 1 is 1.21 bits per heavy atom. The van der Waals surface area contributed by atoms with E-state index in [1.807, 2.05) is 12.1 Å². The van der Waals surface area contributed by atoms with E-state index in [0.29, 0.717) is 0 Å². The van der Waals surface area contributed by atoms with Crippen LogP contribution in [0.15, 0.2) is 12.1 Å². The Hall–Kier alpha value is -0.400. The maximum absolute atomic E-state index is 6.66. The van der Waals surface area contributed by atoms with Crippen LogP contribution in [0.2, 0.25) is 5.02 Å². The van der Waals surface area contributed by atoms with Gasteiger partial charge < -0.3 is 4.74 Å². The van der Waals surface area contributed by atoms with Gasteiger partial charge in [-0.1, -0.05) is 43.7 Å². The van der Waals surface area contributed by atoms with E-state index in [0.717, 1.165) is 41.7 Å². The van der Waals surface area contributed by atoms with Crippen molar-refractivity contribution >= 4 is 23.2 Å². The van der Waals surface area contributed by atoms with Gasteiger partial charge in [0.2, 0.25) is 0 Å². The van der Waals surface area contributed by atoms with Crippen LogP contribution in [0.25, 0.3) is 0 Å². The van der Waals surface area contributed by atoms with Crippen molar-refractivity contribution in [3.63, 3.8) is 0 Å². The molecule has 0 spiro atoms. The first-order valence-corrected chi connectivity index (χ1v) is 8.14. The summed E-state index contributed by atoms with van der Waals surface area (Å²) in [5.74, 6) is 1.77. The van der Waals surface area contributed by atoms with Crippen LogP contribution in [0.4, 0.5) is 0 Å². The number of halogens is 2. The fourth-order valence-corrected chi connectivity index (χ4v) is 4.04. The van der Waals surface area contributed by atoms with Gasteiger partial charge in [0.1, 0.15) is 5.75 Å². The normalized spacial score (nSPS) is 20.9. The molecule has 0 bridgehead atoms. The van der Waals surface area contributed by atoms with Gasteiger partial charge >= 0.3 is 0 Å². The number of hydrogen-bond acceptors (Lipinski definition) is 1. The number of hydrogen-bond donors (Lipinski definition) is 0. The number of ether oxygens (including phenoxy) is 1. The van der Waals surface area contributed by atoms with E-state index in [2.05, 4.69) is 0 Å². The molecule has 19 heavy (non-hydrogen) atoms. The molecule has 1 aromatic carbocycles. The fraction of sp³-hybridized carbons (Fsp3) is 0.625. The van der Waals surface area contributed by atoms with Crippen molar-refractivity contribution in [1.82, 2.24) is 0 Å². The van der Waals surface area contributed by atoms with E-state index < -0.39 is 0 Å². The van der Waals surface area contributed by atoms with E-state index in [4.69, 9.17) is 27.9 Å². The highest BCUT2D eigenvalue weighted by Crippen LogP contribution is 2.42. The van der Waals surface area contributed by atoms with Gasteiger partial charge in [-0.2, -0.15) is 0 Å². The molecule has 3 rings (SSSR count). The molecule has 0 aromatic heterocycles. The van der Waals surface area contributed by atoms with Crippen LogP contribution in [0.5, 0.6) is 5.75 Å². The van der Waals surface area contributed by atoms with E-state index in [-0.39, 0.29) is 5.38 Å². The standard InChI is InChI=1S/C16H20Cl2O/c17-13-9-12-6-7-19-16(12)14(10-13)15(18)8-11-4-2-1-3-5-11/h9-11,15H,1-8H2. The molecule has 1 aliphatic heterocycles. The first-order valence-electron chi connectivity index (χ1n) is 7.33. The molecule has 3 heteroatoms. The Kier molecular flexibility index (Phi) is 4.24. The van der Waals surface area contributed by atoms with E-state index in [1.165, 1.54) is 37.7 Å². The zero-order valence-corrected chi connectivity index (χ0v) is 12.6. The molecule has 0 saturated heterocycles. The summed E-state index contributed by atoms with van der Waals surface area (Å²) in [7, 11) is 0. The van der Waals surface area contributed by atoms with Gasteiger partial charge in [-0.15, -0.1) is 11.6 Å². The molecule has 0 radical (unpaired) electrons. The minimum atomic E-state index is 0.0358. The highest BCUT2D eigenvalue weighted by atomic mass is 35.5. The Morgan fingerprint density at radius 2 is 2.00 bits per heavy atom. The molecule has 0 amide bonds. The molecule has 1 saturated carbocycles. The predicted molar refractivity (Wildman–Crippen MR) is 80.4 cm³/mol. The lowest BCUT2D eigenvalue weighted by atomic mass is 9.85. The smallest absolute Gasteiger partial charge is 0.127 e. The highest BCUT2D eigenvalue weighted by molar-refractivity contribution is 6.31. The van der Waals surface area contributed by atoms with Gasteiger partial charge in [0.25, 0.3) is 0 Å². The van der Waals surface area contributed by atoms with Gasteiger partial charge in [-0.25, -0.2) is 0 Å². The largest absolute Gasteiger partial charge is 0.493 e. The second-order valence-corrected chi connectivity index (χ2v) is 6.75. The number of rotatable bonds is 3. The Bertz CT molecular complexity index is 452. The van der Waals surface area contributed by atoms with Crippen LogP contribution in [-0.4, -0.2) is 6.61 Å². The van der Waals surface area contributed by atoms with Crippen molar-refractivity contribution in [3.8, 4) is 5.75 Å². The first kappa shape index (κ1) is 13.6. The summed E-state index contributed by atoms with van der Waals surface area (Å²) in [5.41, 5.74) is 2.32. The molecule has 2 aliphatic rings. The summed E-state index contributed by atoms with van der Waals surface area (Å²) >= 11 is 12.9. The summed E-state index contributed by atoms with van der Waals surface area (Å²) in [5, 5.41) is 0.821. The zero-order valence-electron chi connectivity index (χ0n) is 11.1. The lowest BCUT2D eigenvalue weighted by Gasteiger charge is -2.24. The Labute approximate surface area is 125 Å². The third-order valence-corrected chi connectivity index (χ3v) is 5.01. The molecule has 1 unspecified atom stereocenters. The Morgan fingerprint density at radius 3 is 2.79 bits per heavy atom. The molecular formula is C16H20Cl2O. The van der Waals surface area contributed by atoms with E-state index in [1.54, 1.807) is 0 Å². The second-order valence-electron chi connectivity index (χ2n) is 5.79. The number of benzene rings is 1. The van der Waals surface area contributed by atoms with Crippen LogP contribution in [0.1, 0.15) is 55.0 Å². The van der Waals surface area contributed by atoms with Crippen LogP contribution >= 0.6 is 23.2 Å². The molecule has 1 fully saturated rings. The maximum Gasteiger partial charge on any atom is 0.127 e. The molecule has 1 nitrogen and oxygen atoms in total. The quantitative estimate of drug-likeness (QED) is 0.667. The van der Waals surface area contributed by atoms with Crippen LogP contribution in [-0.2, 0) is 6.42 Å². The molecule has 1 heterocycles. The zero-order chi connectivity index (χ0) is 13.2. The van der Waals surface area contributed by atoms with Crippen LogP contribution in [0, 0.1) is 5.92 Å². The third kappa shape index (κ3) is 3.03. The second kappa shape index (κ2) is 5.93. The lowest BCUT2D eigenvalue weighted by molar-refractivity contribution is 0.329.